The lowest BCUT2D eigenvalue weighted by Crippen LogP contribution is -2.44. The Morgan fingerprint density at radius 3 is 2.75 bits per heavy atom. The van der Waals surface area contributed by atoms with Crippen LogP contribution in [0, 0.1) is 0 Å². The molecule has 3 rings (SSSR count). The molecule has 2 amide bonds. The van der Waals surface area contributed by atoms with E-state index in [2.05, 4.69) is 16.2 Å². The van der Waals surface area contributed by atoms with Crippen LogP contribution in [0.3, 0.4) is 0 Å². The van der Waals surface area contributed by atoms with Crippen LogP contribution < -0.4 is 0 Å². The highest BCUT2D eigenvalue weighted by atomic mass is 16.2. The number of hydrogen-bond acceptors (Lipinski definition) is 3. The molecule has 2 saturated heterocycles. The number of fused-ring (bicyclic) bond motifs is 1. The predicted molar refractivity (Wildman–Crippen MR) is 76.2 cm³/mol. The van der Waals surface area contributed by atoms with Crippen molar-refractivity contribution in [3.63, 3.8) is 0 Å². The van der Waals surface area contributed by atoms with Gasteiger partial charge in [-0.15, -0.1) is 0 Å². The van der Waals surface area contributed by atoms with Crippen LogP contribution in [-0.4, -0.2) is 69.8 Å². The third-order valence-electron chi connectivity index (χ3n) is 4.46. The first-order valence-corrected chi connectivity index (χ1v) is 7.26. The molecule has 0 spiro atoms. The van der Waals surface area contributed by atoms with Gasteiger partial charge >= 0.3 is 6.03 Å². The first-order chi connectivity index (χ1) is 9.56. The predicted octanol–water partition coefficient (Wildman–Crippen LogP) is 0.750. The van der Waals surface area contributed by atoms with Gasteiger partial charge in [0.25, 0.3) is 0 Å². The van der Waals surface area contributed by atoms with Gasteiger partial charge in [-0.3, -0.25) is 9.58 Å². The molecular weight excluding hydrogens is 254 g/mol. The second-order valence-corrected chi connectivity index (χ2v) is 6.08. The molecule has 1 aromatic heterocycles. The topological polar surface area (TPSA) is 44.6 Å². The molecular formula is C14H23N5O. The lowest BCUT2D eigenvalue weighted by molar-refractivity contribution is 0.162. The Morgan fingerprint density at radius 1 is 1.35 bits per heavy atom. The summed E-state index contributed by atoms with van der Waals surface area (Å²) in [5.74, 6) is 0. The highest BCUT2D eigenvalue weighted by Crippen LogP contribution is 2.32. The minimum atomic E-state index is 0.153. The van der Waals surface area contributed by atoms with Crippen molar-refractivity contribution in [3.05, 3.63) is 18.0 Å². The zero-order valence-corrected chi connectivity index (χ0v) is 12.5. The van der Waals surface area contributed by atoms with Crippen LogP contribution in [0.5, 0.6) is 0 Å². The van der Waals surface area contributed by atoms with Gasteiger partial charge < -0.3 is 9.80 Å². The molecule has 2 aliphatic heterocycles. The third kappa shape index (κ3) is 2.28. The smallest absolute Gasteiger partial charge is 0.319 e. The molecule has 0 aliphatic carbocycles. The summed E-state index contributed by atoms with van der Waals surface area (Å²) >= 11 is 0. The Labute approximate surface area is 119 Å². The van der Waals surface area contributed by atoms with E-state index in [9.17, 15) is 4.79 Å². The minimum absolute atomic E-state index is 0.153. The first-order valence-electron chi connectivity index (χ1n) is 7.26. The molecule has 20 heavy (non-hydrogen) atoms. The van der Waals surface area contributed by atoms with Gasteiger partial charge in [0.05, 0.1) is 12.2 Å². The van der Waals surface area contributed by atoms with Crippen molar-refractivity contribution in [1.82, 2.24) is 24.5 Å². The standard InChI is InChI=1S/C14H23N5O/c1-16(2)14(20)19-7-5-12-13(19)4-6-18(12)10-11-8-15-17(3)9-11/h8-9,12-13H,4-7,10H2,1-3H3/t12-,13-/m0/s1. The quantitative estimate of drug-likeness (QED) is 0.801. The van der Waals surface area contributed by atoms with Crippen LogP contribution in [0.4, 0.5) is 4.79 Å². The Kier molecular flexibility index (Phi) is 3.41. The van der Waals surface area contributed by atoms with E-state index in [4.69, 9.17) is 0 Å². The number of likely N-dealkylation sites (tertiary alicyclic amines) is 2. The lowest BCUT2D eigenvalue weighted by atomic mass is 10.1. The van der Waals surface area contributed by atoms with E-state index < -0.39 is 0 Å². The van der Waals surface area contributed by atoms with E-state index in [-0.39, 0.29) is 6.03 Å². The van der Waals surface area contributed by atoms with Crippen molar-refractivity contribution in [2.45, 2.75) is 31.5 Å². The second kappa shape index (κ2) is 5.09. The van der Waals surface area contributed by atoms with Crippen LogP contribution in [0.25, 0.3) is 0 Å². The molecule has 2 atom stereocenters. The molecule has 3 heterocycles. The third-order valence-corrected chi connectivity index (χ3v) is 4.46. The normalized spacial score (nSPS) is 26.1. The molecule has 2 aliphatic rings. The molecule has 2 fully saturated rings. The van der Waals surface area contributed by atoms with Crippen molar-refractivity contribution in [3.8, 4) is 0 Å². The van der Waals surface area contributed by atoms with E-state index in [1.54, 1.807) is 4.90 Å². The number of amides is 2. The molecule has 0 aromatic carbocycles. The highest BCUT2D eigenvalue weighted by molar-refractivity contribution is 5.74. The van der Waals surface area contributed by atoms with Crippen molar-refractivity contribution in [2.24, 2.45) is 7.05 Å². The summed E-state index contributed by atoms with van der Waals surface area (Å²) in [6.45, 7) is 2.90. The second-order valence-electron chi connectivity index (χ2n) is 6.08. The number of hydrogen-bond donors (Lipinski definition) is 0. The number of aromatic nitrogens is 2. The van der Waals surface area contributed by atoms with Gasteiger partial charge in [-0.1, -0.05) is 0 Å². The number of urea groups is 1. The van der Waals surface area contributed by atoms with Crippen LogP contribution >= 0.6 is 0 Å². The average Bonchev–Trinajstić information content (AvgIpc) is 3.07. The fourth-order valence-corrected chi connectivity index (χ4v) is 3.55. The molecule has 110 valence electrons. The van der Waals surface area contributed by atoms with Gasteiger partial charge in [-0.2, -0.15) is 5.10 Å². The van der Waals surface area contributed by atoms with E-state index in [1.165, 1.54) is 5.56 Å². The Balaban J connectivity index is 1.66. The van der Waals surface area contributed by atoms with Crippen LogP contribution in [-0.2, 0) is 13.6 Å². The van der Waals surface area contributed by atoms with Gasteiger partial charge in [-0.25, -0.2) is 4.79 Å². The van der Waals surface area contributed by atoms with E-state index in [0.29, 0.717) is 12.1 Å². The first kappa shape index (κ1) is 13.4. The van der Waals surface area contributed by atoms with Crippen molar-refractivity contribution >= 4 is 6.03 Å². The van der Waals surface area contributed by atoms with Gasteiger partial charge in [0.2, 0.25) is 0 Å². The summed E-state index contributed by atoms with van der Waals surface area (Å²) in [4.78, 5) is 18.4. The number of carbonyl (C=O) groups is 1. The van der Waals surface area contributed by atoms with Crippen molar-refractivity contribution < 1.29 is 4.79 Å². The molecule has 0 N–H and O–H groups in total. The summed E-state index contributed by atoms with van der Waals surface area (Å²) in [7, 11) is 5.61. The summed E-state index contributed by atoms with van der Waals surface area (Å²) in [5.41, 5.74) is 1.26. The molecule has 1 aromatic rings. The molecule has 6 nitrogen and oxygen atoms in total. The fraction of sp³-hybridized carbons (Fsp3) is 0.714. The number of rotatable bonds is 2. The van der Waals surface area contributed by atoms with Crippen molar-refractivity contribution in [1.29, 1.82) is 0 Å². The zero-order chi connectivity index (χ0) is 14.3. The fourth-order valence-electron chi connectivity index (χ4n) is 3.55. The van der Waals surface area contributed by atoms with Crippen LogP contribution in [0.15, 0.2) is 12.4 Å². The maximum Gasteiger partial charge on any atom is 0.319 e. The molecule has 0 saturated carbocycles. The van der Waals surface area contributed by atoms with Crippen LogP contribution in [0.1, 0.15) is 18.4 Å². The Hall–Kier alpha value is -1.56. The molecule has 0 bridgehead atoms. The molecule has 0 radical (unpaired) electrons. The SMILES string of the molecule is CN(C)C(=O)N1CC[C@H]2[C@@H]1CCN2Cc1cnn(C)c1. The maximum absolute atomic E-state index is 12.2. The monoisotopic (exact) mass is 277 g/mol. The molecule has 0 unspecified atom stereocenters. The van der Waals surface area contributed by atoms with Gasteiger partial charge in [0.1, 0.15) is 0 Å². The van der Waals surface area contributed by atoms with Gasteiger partial charge in [0.15, 0.2) is 0 Å². The van der Waals surface area contributed by atoms with Gasteiger partial charge in [0, 0.05) is 58.6 Å². The molecule has 6 heteroatoms. The van der Waals surface area contributed by atoms with E-state index >= 15 is 0 Å². The maximum atomic E-state index is 12.2. The Bertz CT molecular complexity index is 498. The zero-order valence-electron chi connectivity index (χ0n) is 12.5. The number of nitrogens with zero attached hydrogens (tertiary/aromatic N) is 5. The number of aryl methyl sites for hydroxylation is 1. The lowest BCUT2D eigenvalue weighted by Gasteiger charge is -2.27. The van der Waals surface area contributed by atoms with E-state index in [0.717, 1.165) is 32.5 Å². The van der Waals surface area contributed by atoms with Crippen LogP contribution in [0.2, 0.25) is 0 Å². The minimum Gasteiger partial charge on any atom is -0.331 e. The number of carbonyl (C=O) groups excluding carboxylic acids is 1. The summed E-state index contributed by atoms with van der Waals surface area (Å²) in [6, 6.07) is 1.06. The summed E-state index contributed by atoms with van der Waals surface area (Å²) in [6.07, 6.45) is 6.19. The van der Waals surface area contributed by atoms with Crippen molar-refractivity contribution in [2.75, 3.05) is 27.2 Å². The van der Waals surface area contributed by atoms with Gasteiger partial charge in [-0.05, 0) is 12.8 Å². The Morgan fingerprint density at radius 2 is 2.10 bits per heavy atom. The highest BCUT2D eigenvalue weighted by Gasteiger charge is 2.44. The van der Waals surface area contributed by atoms with E-state index in [1.807, 2.05) is 36.9 Å². The summed E-state index contributed by atoms with van der Waals surface area (Å²) in [5, 5.41) is 4.23. The average molecular weight is 277 g/mol. The largest absolute Gasteiger partial charge is 0.331 e. The summed E-state index contributed by atoms with van der Waals surface area (Å²) < 4.78 is 1.85.